The molecule has 0 radical (unpaired) electrons. The molecule has 2 unspecified atom stereocenters. The Labute approximate surface area is 456 Å². The van der Waals surface area contributed by atoms with Crippen LogP contribution in [0, 0.1) is 5.41 Å². The van der Waals surface area contributed by atoms with Crippen molar-refractivity contribution in [1.82, 2.24) is 35.1 Å². The standard InChI is InChI=1S/C45H67N8O22P3S/c1-25(70-44-30(54)19-31(26(2)71-44)73-43(60)28-20-49-29-13-10-9-12-27(28)29)11-7-5-6-8-14-34(56)79-18-17-47-33(55)15-16-48-41(59)38(58)45(3,4)22-69-78(66,67)75-77(64,65)68-21-32-37(74-76(61,62)63)36(57)42(72-32)53-24-52-35-39(46)50-23-51-40(35)53/h9-10,12-13,20,23-26,30-32,36-38,42,44,49,54,57-58H,5-8,11,14-19,21-22H2,1-4H3,(H,47,55)(H,48,59)(H,64,65)(H,66,67)(H2,46,50,51)(H2,61,62,63)/p-4/t25-,26+,30-,31-,32-,36-,37-,38+,42-,44-/m1/s1. The minimum absolute atomic E-state index is 0.0312. The van der Waals surface area contributed by atoms with Crippen molar-refractivity contribution in [2.24, 2.45) is 5.41 Å². The first-order valence-electron chi connectivity index (χ1n) is 24.9. The van der Waals surface area contributed by atoms with Crippen LogP contribution in [0.25, 0.3) is 22.1 Å². The number of hydrogen-bond acceptors (Lipinski definition) is 27. The summed E-state index contributed by atoms with van der Waals surface area (Å²) in [4.78, 5) is 113. The van der Waals surface area contributed by atoms with Crippen molar-refractivity contribution >= 4 is 86.0 Å². The first kappa shape index (κ1) is 63.8. The number of aliphatic hydroxyl groups is 3. The molecule has 34 heteroatoms. The molecule has 79 heavy (non-hydrogen) atoms. The van der Waals surface area contributed by atoms with E-state index in [2.05, 4.69) is 48.5 Å². The van der Waals surface area contributed by atoms with Crippen LogP contribution in [0.5, 0.6) is 0 Å². The van der Waals surface area contributed by atoms with Gasteiger partial charge in [-0.15, -0.1) is 0 Å². The second-order valence-electron chi connectivity index (χ2n) is 19.3. The van der Waals surface area contributed by atoms with Crippen molar-refractivity contribution in [3.8, 4) is 0 Å². The highest BCUT2D eigenvalue weighted by molar-refractivity contribution is 8.13. The van der Waals surface area contributed by atoms with Gasteiger partial charge in [0.25, 0.3) is 15.6 Å². The molecule has 4 aromatic rings. The summed E-state index contributed by atoms with van der Waals surface area (Å²) in [5.74, 6) is -1.82. The molecule has 6 rings (SSSR count). The highest BCUT2D eigenvalue weighted by Crippen LogP contribution is 2.56. The molecule has 2 aliphatic heterocycles. The van der Waals surface area contributed by atoms with Gasteiger partial charge in [-0.25, -0.2) is 24.1 Å². The zero-order chi connectivity index (χ0) is 57.9. The Balaban J connectivity index is 0.793. The van der Waals surface area contributed by atoms with Gasteiger partial charge in [-0.3, -0.25) is 28.1 Å². The van der Waals surface area contributed by atoms with E-state index in [9.17, 15) is 67.8 Å². The number of aromatic nitrogens is 5. The van der Waals surface area contributed by atoms with Crippen molar-refractivity contribution < 1.29 is 105 Å². The van der Waals surface area contributed by atoms with Gasteiger partial charge >= 0.3 is 5.97 Å². The second-order valence-corrected chi connectivity index (χ2v) is 24.5. The van der Waals surface area contributed by atoms with Crippen LogP contribution in [0.1, 0.15) is 95.6 Å². The number of H-pyrrole nitrogens is 1. The molecule has 0 saturated carbocycles. The first-order chi connectivity index (χ1) is 37.1. The van der Waals surface area contributed by atoms with E-state index in [0.29, 0.717) is 30.6 Å². The number of ether oxygens (including phenoxy) is 4. The van der Waals surface area contributed by atoms with Gasteiger partial charge < -0.3 is 93.3 Å². The van der Waals surface area contributed by atoms with Crippen molar-refractivity contribution in [2.75, 3.05) is 37.8 Å². The number of hydrogen-bond donors (Lipinski definition) is 7. The summed E-state index contributed by atoms with van der Waals surface area (Å²) < 4.78 is 78.6. The Kier molecular flexibility index (Phi) is 22.7. The molecule has 12 atom stereocenters. The number of rotatable bonds is 30. The predicted octanol–water partition coefficient (Wildman–Crippen LogP) is 0.0851. The number of anilines is 1. The van der Waals surface area contributed by atoms with Gasteiger partial charge in [0.05, 0.1) is 45.1 Å². The number of imidazole rings is 1. The number of thioether (sulfide) groups is 1. The van der Waals surface area contributed by atoms with Crippen LogP contribution in [0.3, 0.4) is 0 Å². The van der Waals surface area contributed by atoms with Crippen LogP contribution < -0.4 is 35.9 Å². The number of nitrogens with two attached hydrogens (primary N) is 1. The lowest BCUT2D eigenvalue weighted by molar-refractivity contribution is -0.347. The molecule has 8 N–H and O–H groups in total. The molecule has 2 aliphatic rings. The van der Waals surface area contributed by atoms with Crippen LogP contribution in [0.4, 0.5) is 5.82 Å². The number of nitrogens with one attached hydrogen (secondary N) is 3. The summed E-state index contributed by atoms with van der Waals surface area (Å²) in [5.41, 5.74) is 5.25. The van der Waals surface area contributed by atoms with Crippen LogP contribution in [-0.4, -0.2) is 150 Å². The first-order valence-corrected chi connectivity index (χ1v) is 30.2. The molecular weight excluding hydrogens is 1130 g/mol. The minimum Gasteiger partial charge on any atom is -0.790 e. The van der Waals surface area contributed by atoms with Crippen molar-refractivity contribution in [3.05, 3.63) is 48.7 Å². The van der Waals surface area contributed by atoms with Crippen molar-refractivity contribution in [1.29, 1.82) is 0 Å². The number of carbonyl (C=O) groups is 4. The maximum absolute atomic E-state index is 12.9. The molecule has 0 bridgehead atoms. The number of esters is 1. The average Bonchev–Trinajstić information content (AvgIpc) is 4.33. The highest BCUT2D eigenvalue weighted by Gasteiger charge is 2.48. The summed E-state index contributed by atoms with van der Waals surface area (Å²) in [6.45, 7) is 3.62. The summed E-state index contributed by atoms with van der Waals surface area (Å²) in [7, 11) is -17.7. The molecule has 30 nitrogen and oxygen atoms in total. The van der Waals surface area contributed by atoms with E-state index in [1.807, 2.05) is 31.2 Å². The summed E-state index contributed by atoms with van der Waals surface area (Å²) in [6, 6.07) is 7.37. The normalized spacial score (nSPS) is 24.1. The molecule has 2 saturated heterocycles. The number of amides is 2. The Bertz CT molecular complexity index is 2880. The SMILES string of the molecule is C[C@H](CCCCCCC(=O)SCCNC(=O)CCNC(=O)[C@H](O)C(C)(C)COP(=O)([O-])OP(=O)([O-])OC[C@H]1O[C@@H](n2cnc3c(N)ncnc32)[C@H](O)[C@@H]1OP(=O)([O-])[O-])O[C@@H]1O[C@@H](C)[C@H](OC(=O)c2c[nH]c3ccccc23)C[C@H]1O. The lowest BCUT2D eigenvalue weighted by Gasteiger charge is -2.38. The fraction of sp³-hybridized carbons (Fsp3) is 0.622. The van der Waals surface area contributed by atoms with Crippen molar-refractivity contribution in [3.63, 3.8) is 0 Å². The van der Waals surface area contributed by atoms with E-state index in [1.54, 1.807) is 13.1 Å². The number of unbranched alkanes of at least 4 members (excludes halogenated alkanes) is 3. The Morgan fingerprint density at radius 3 is 2.44 bits per heavy atom. The number of carbonyl (C=O) groups excluding carboxylic acids is 4. The molecule has 2 fully saturated rings. The quantitative estimate of drug-likeness (QED) is 0.0207. The minimum atomic E-state index is -5.95. The zero-order valence-electron chi connectivity index (χ0n) is 43.2. The molecule has 5 heterocycles. The van der Waals surface area contributed by atoms with Gasteiger partial charge in [0.1, 0.15) is 48.5 Å². The molecule has 0 spiro atoms. The van der Waals surface area contributed by atoms with Crippen LogP contribution in [0.2, 0.25) is 0 Å². The lowest BCUT2D eigenvalue weighted by Crippen LogP contribution is -2.49. The van der Waals surface area contributed by atoms with Gasteiger partial charge in [-0.2, -0.15) is 0 Å². The third kappa shape index (κ3) is 18.6. The fourth-order valence-corrected chi connectivity index (χ4v) is 11.8. The molecule has 1 aromatic carbocycles. The van der Waals surface area contributed by atoms with E-state index in [4.69, 9.17) is 24.7 Å². The molecule has 440 valence electrons. The Hall–Kier alpha value is -4.33. The van der Waals surface area contributed by atoms with Gasteiger partial charge in [0.15, 0.2) is 29.1 Å². The second kappa shape index (κ2) is 28.1. The Morgan fingerprint density at radius 1 is 0.975 bits per heavy atom. The maximum Gasteiger partial charge on any atom is 0.340 e. The van der Waals surface area contributed by atoms with Crippen molar-refractivity contribution in [2.45, 2.75) is 140 Å². The Morgan fingerprint density at radius 2 is 1.70 bits per heavy atom. The number of fused-ring (bicyclic) bond motifs is 2. The van der Waals surface area contributed by atoms with E-state index in [-0.39, 0.29) is 54.1 Å². The predicted molar refractivity (Wildman–Crippen MR) is 269 cm³/mol. The monoisotopic (exact) mass is 1190 g/mol. The largest absolute Gasteiger partial charge is 0.790 e. The topological polar surface area (TPSA) is 456 Å². The van der Waals surface area contributed by atoms with E-state index in [0.717, 1.165) is 59.1 Å². The smallest absolute Gasteiger partial charge is 0.340 e. The van der Waals surface area contributed by atoms with E-state index in [1.165, 1.54) is 13.8 Å². The third-order valence-electron chi connectivity index (χ3n) is 12.6. The molecular formula is C45H63N8O22P3S-4. The highest BCUT2D eigenvalue weighted by atomic mass is 32.2. The number of phosphoric acid groups is 3. The van der Waals surface area contributed by atoms with Crippen LogP contribution in [0.15, 0.2) is 43.1 Å². The summed E-state index contributed by atoms with van der Waals surface area (Å²) >= 11 is 1.06. The molecule has 3 aromatic heterocycles. The average molecular weight is 1190 g/mol. The summed E-state index contributed by atoms with van der Waals surface area (Å²) in [6.07, 6.45) is -5.10. The molecule has 0 aliphatic carbocycles. The number of benzene rings is 1. The lowest BCUT2D eigenvalue weighted by atomic mass is 9.87. The van der Waals surface area contributed by atoms with E-state index < -0.39 is 115 Å². The number of aromatic amines is 1. The number of para-hydroxylation sites is 1. The molecule has 2 amide bonds. The van der Waals surface area contributed by atoms with Crippen LogP contribution in [-0.2, 0) is 64.9 Å². The van der Waals surface area contributed by atoms with E-state index >= 15 is 0 Å². The fourth-order valence-electron chi connectivity index (χ4n) is 8.33. The summed E-state index contributed by atoms with van der Waals surface area (Å²) in [5, 5.41) is 37.9. The third-order valence-corrected chi connectivity index (χ3v) is 16.5. The van der Waals surface area contributed by atoms with Gasteiger partial charge in [-0.1, -0.05) is 63.1 Å². The number of phosphoric ester groups is 3. The number of aliphatic hydroxyl groups excluding tert-OH is 3. The number of nitrogens with zero attached hydrogens (tertiary/aromatic N) is 4. The zero-order valence-corrected chi connectivity index (χ0v) is 46.7. The van der Waals surface area contributed by atoms with Gasteiger partial charge in [-0.05, 0) is 32.8 Å². The van der Waals surface area contributed by atoms with Gasteiger partial charge in [0, 0.05) is 60.6 Å². The van der Waals surface area contributed by atoms with Crippen LogP contribution >= 0.6 is 35.2 Å². The maximum atomic E-state index is 12.9. The van der Waals surface area contributed by atoms with Gasteiger partial charge in [0.2, 0.25) is 11.8 Å². The number of nitrogen functional groups attached to an aromatic ring is 1.